The van der Waals surface area contributed by atoms with E-state index in [2.05, 4.69) is 158 Å². The fourth-order valence-electron chi connectivity index (χ4n) is 8.26. The van der Waals surface area contributed by atoms with Crippen LogP contribution in [0.25, 0.3) is 55.5 Å². The van der Waals surface area contributed by atoms with E-state index in [1.807, 2.05) is 6.07 Å². The first-order valence-electron chi connectivity index (χ1n) is 18.3. The lowest BCUT2D eigenvalue weighted by molar-refractivity contribution is 0.669. The second-order valence-corrected chi connectivity index (χ2v) is 14.1. The summed E-state index contributed by atoms with van der Waals surface area (Å²) < 4.78 is 6.32. The Morgan fingerprint density at radius 1 is 0.712 bits per heavy atom. The molecular formula is C48H37N3O. The molecule has 250 valence electrons. The first-order chi connectivity index (χ1) is 25.7. The van der Waals surface area contributed by atoms with Gasteiger partial charge in [-0.2, -0.15) is 0 Å². The second kappa shape index (κ2) is 12.5. The molecule has 7 aromatic rings. The van der Waals surface area contributed by atoms with Gasteiger partial charge in [-0.15, -0.1) is 0 Å². The predicted molar refractivity (Wildman–Crippen MR) is 217 cm³/mol. The molecule has 4 heteroatoms. The van der Waals surface area contributed by atoms with Crippen LogP contribution in [-0.4, -0.2) is 11.7 Å². The quantitative estimate of drug-likeness (QED) is 0.198. The number of benzene rings is 6. The number of furan rings is 1. The maximum Gasteiger partial charge on any atom is 0.159 e. The second-order valence-electron chi connectivity index (χ2n) is 14.1. The molecule has 0 amide bonds. The number of allylic oxidation sites excluding steroid dienone is 5. The van der Waals surface area contributed by atoms with E-state index in [0.29, 0.717) is 5.92 Å². The van der Waals surface area contributed by atoms with Gasteiger partial charge in [0.25, 0.3) is 0 Å². The van der Waals surface area contributed by atoms with Crippen LogP contribution in [0.5, 0.6) is 0 Å². The summed E-state index contributed by atoms with van der Waals surface area (Å²) in [6.45, 7) is 2.34. The number of aliphatic imine (C=N–C) groups is 2. The van der Waals surface area contributed by atoms with Gasteiger partial charge in [-0.05, 0) is 99.2 Å². The molecule has 6 aromatic carbocycles. The molecule has 2 atom stereocenters. The topological polar surface area (TPSA) is 49.9 Å². The molecule has 0 saturated carbocycles. The molecule has 2 aliphatic carbocycles. The molecule has 0 radical (unpaired) electrons. The fourth-order valence-corrected chi connectivity index (χ4v) is 8.26. The summed E-state index contributed by atoms with van der Waals surface area (Å²) in [5.74, 6) is 1.89. The molecule has 0 bridgehead atoms. The highest BCUT2D eigenvalue weighted by Gasteiger charge is 2.28. The normalized spacial score (nSPS) is 18.2. The lowest BCUT2D eigenvalue weighted by atomic mass is 9.80. The molecule has 0 saturated heterocycles. The number of amidine groups is 2. The third-order valence-electron chi connectivity index (χ3n) is 10.8. The van der Waals surface area contributed by atoms with Crippen LogP contribution in [0, 0.1) is 0 Å². The number of nitrogens with zero attached hydrogens (tertiary/aromatic N) is 2. The molecule has 1 aromatic heterocycles. The molecular weight excluding hydrogens is 635 g/mol. The van der Waals surface area contributed by atoms with E-state index in [-0.39, 0.29) is 6.17 Å². The number of rotatable bonds is 5. The Balaban J connectivity index is 1.14. The summed E-state index contributed by atoms with van der Waals surface area (Å²) >= 11 is 0. The van der Waals surface area contributed by atoms with Crippen LogP contribution in [0.2, 0.25) is 0 Å². The Hall–Kier alpha value is -6.26. The van der Waals surface area contributed by atoms with E-state index in [4.69, 9.17) is 14.4 Å². The van der Waals surface area contributed by atoms with Gasteiger partial charge in [0.05, 0.1) is 0 Å². The molecule has 2 heterocycles. The first kappa shape index (κ1) is 30.6. The van der Waals surface area contributed by atoms with Crippen LogP contribution < -0.4 is 5.32 Å². The summed E-state index contributed by atoms with van der Waals surface area (Å²) in [4.78, 5) is 10.6. The van der Waals surface area contributed by atoms with Gasteiger partial charge in [-0.1, -0.05) is 134 Å². The van der Waals surface area contributed by atoms with Gasteiger partial charge in [0.2, 0.25) is 0 Å². The molecule has 0 spiro atoms. The van der Waals surface area contributed by atoms with Gasteiger partial charge in [-0.3, -0.25) is 0 Å². The standard InChI is InChI=1S/C48H37N3O/c1-30-12-9-20-38-40(27-26-39(44(30)38)37-21-11-23-43-45(37)41-19-7-8-22-42(41)52-43)48-50-46(35-18-10-17-34(28-35)31-13-3-2-4-14-31)49-47(51-48)36-25-24-32-15-5-6-16-33(32)29-36/h2-3,5-11,13,15-30,46H,4,12,14H2,1H3,(H,49,50,51). The summed E-state index contributed by atoms with van der Waals surface area (Å²) in [5, 5.41) is 8.49. The highest BCUT2D eigenvalue weighted by atomic mass is 16.3. The number of para-hydroxylation sites is 1. The Labute approximate surface area is 303 Å². The smallest absolute Gasteiger partial charge is 0.159 e. The zero-order chi connectivity index (χ0) is 34.6. The molecule has 52 heavy (non-hydrogen) atoms. The van der Waals surface area contributed by atoms with Gasteiger partial charge in [0.1, 0.15) is 23.2 Å². The van der Waals surface area contributed by atoms with Crippen LogP contribution in [0.4, 0.5) is 0 Å². The van der Waals surface area contributed by atoms with Crippen molar-refractivity contribution in [2.45, 2.75) is 38.3 Å². The predicted octanol–water partition coefficient (Wildman–Crippen LogP) is 12.2. The third kappa shape index (κ3) is 5.22. The van der Waals surface area contributed by atoms with Crippen molar-refractivity contribution in [1.29, 1.82) is 0 Å². The van der Waals surface area contributed by atoms with E-state index in [1.165, 1.54) is 44.2 Å². The minimum Gasteiger partial charge on any atom is -0.456 e. The van der Waals surface area contributed by atoms with E-state index >= 15 is 0 Å². The van der Waals surface area contributed by atoms with Gasteiger partial charge in [-0.25, -0.2) is 9.98 Å². The van der Waals surface area contributed by atoms with Crippen molar-refractivity contribution in [2.24, 2.45) is 9.98 Å². The molecule has 1 N–H and O–H groups in total. The first-order valence-corrected chi connectivity index (χ1v) is 18.3. The lowest BCUT2D eigenvalue weighted by Gasteiger charge is -2.28. The van der Waals surface area contributed by atoms with Gasteiger partial charge >= 0.3 is 0 Å². The van der Waals surface area contributed by atoms with Crippen LogP contribution in [0.1, 0.15) is 71.7 Å². The monoisotopic (exact) mass is 671 g/mol. The summed E-state index contributed by atoms with van der Waals surface area (Å²) in [5.41, 5.74) is 12.6. The number of nitrogens with one attached hydrogen (secondary N) is 1. The van der Waals surface area contributed by atoms with Crippen molar-refractivity contribution in [2.75, 3.05) is 0 Å². The van der Waals surface area contributed by atoms with Crippen molar-refractivity contribution < 1.29 is 4.42 Å². The van der Waals surface area contributed by atoms with Gasteiger partial charge in [0, 0.05) is 21.9 Å². The molecule has 3 aliphatic rings. The van der Waals surface area contributed by atoms with E-state index in [1.54, 1.807) is 0 Å². The van der Waals surface area contributed by atoms with Crippen molar-refractivity contribution in [3.8, 4) is 11.1 Å². The molecule has 1 aliphatic heterocycles. The maximum absolute atomic E-state index is 6.32. The molecule has 10 rings (SSSR count). The molecule has 4 nitrogen and oxygen atoms in total. The van der Waals surface area contributed by atoms with Crippen LogP contribution in [-0.2, 0) is 0 Å². The van der Waals surface area contributed by atoms with Crippen LogP contribution in [0.3, 0.4) is 0 Å². The minimum atomic E-state index is -0.306. The van der Waals surface area contributed by atoms with Crippen molar-refractivity contribution >= 4 is 56.0 Å². The van der Waals surface area contributed by atoms with Gasteiger partial charge in [0.15, 0.2) is 5.84 Å². The van der Waals surface area contributed by atoms with Crippen molar-refractivity contribution in [3.63, 3.8) is 0 Å². The number of fused-ring (bicyclic) bond motifs is 5. The zero-order valence-corrected chi connectivity index (χ0v) is 29.0. The Kier molecular flexibility index (Phi) is 7.35. The highest BCUT2D eigenvalue weighted by Crippen LogP contribution is 2.44. The zero-order valence-electron chi connectivity index (χ0n) is 29.0. The average molecular weight is 672 g/mol. The molecule has 2 unspecified atom stereocenters. The largest absolute Gasteiger partial charge is 0.456 e. The van der Waals surface area contributed by atoms with E-state index < -0.39 is 0 Å². The van der Waals surface area contributed by atoms with Gasteiger partial charge < -0.3 is 9.73 Å². The summed E-state index contributed by atoms with van der Waals surface area (Å²) in [6, 6.07) is 43.2. The summed E-state index contributed by atoms with van der Waals surface area (Å²) in [7, 11) is 0. The third-order valence-corrected chi connectivity index (χ3v) is 10.8. The molecule has 0 fully saturated rings. The Morgan fingerprint density at radius 3 is 2.48 bits per heavy atom. The fraction of sp³-hybridized carbons (Fsp3) is 0.125. The highest BCUT2D eigenvalue weighted by molar-refractivity contribution is 6.16. The lowest BCUT2D eigenvalue weighted by Crippen LogP contribution is -2.34. The van der Waals surface area contributed by atoms with Crippen LogP contribution >= 0.6 is 0 Å². The van der Waals surface area contributed by atoms with E-state index in [9.17, 15) is 0 Å². The van der Waals surface area contributed by atoms with Crippen molar-refractivity contribution in [3.05, 3.63) is 179 Å². The number of hydrogen-bond acceptors (Lipinski definition) is 4. The van der Waals surface area contributed by atoms with Crippen LogP contribution in [0.15, 0.2) is 160 Å². The Morgan fingerprint density at radius 2 is 1.56 bits per heavy atom. The average Bonchev–Trinajstić information content (AvgIpc) is 3.60. The van der Waals surface area contributed by atoms with E-state index in [0.717, 1.165) is 69.6 Å². The van der Waals surface area contributed by atoms with Crippen molar-refractivity contribution in [1.82, 2.24) is 5.32 Å². The summed E-state index contributed by atoms with van der Waals surface area (Å²) in [6.07, 6.45) is 14.0. The Bertz CT molecular complexity index is 2720. The maximum atomic E-state index is 6.32. The number of hydrogen-bond donors (Lipinski definition) is 1. The minimum absolute atomic E-state index is 0.306. The SMILES string of the molecule is CC1CC=Cc2c(C3=NC(c4ccc5ccccc5c4)=NC(c4cccc(C5=CC=CCC5)c4)N3)ccc(-c3cccc4oc5ccccc5c34)c21.